The molecule has 0 fully saturated rings. The highest BCUT2D eigenvalue weighted by atomic mass is 35.5. The molecule has 0 radical (unpaired) electrons. The molecule has 0 atom stereocenters. The fraction of sp³-hybridized carbons (Fsp3) is 0.455. The lowest BCUT2D eigenvalue weighted by atomic mass is 10.2. The molecule has 0 N–H and O–H groups in total. The first-order valence-corrected chi connectivity index (χ1v) is 4.86. The van der Waals surface area contributed by atoms with Gasteiger partial charge in [0.05, 0.1) is 5.57 Å². The third-order valence-electron chi connectivity index (χ3n) is 1.30. The first-order chi connectivity index (χ1) is 6.76. The quantitative estimate of drug-likeness (QED) is 0.323. The number of nitrogens with zero attached hydrogens (tertiary/aromatic N) is 1. The van der Waals surface area contributed by atoms with E-state index in [1.54, 1.807) is 27.8 Å². The summed E-state index contributed by atoms with van der Waals surface area (Å²) in [5, 5.41) is 0.305. The van der Waals surface area contributed by atoms with Crippen LogP contribution in [0.25, 0.3) is 0 Å². The fourth-order valence-corrected chi connectivity index (χ4v) is 0.719. The number of rotatable bonds is 3. The highest BCUT2D eigenvalue weighted by Gasteiger charge is 2.17. The van der Waals surface area contributed by atoms with Crippen LogP contribution in [0.5, 0.6) is 0 Å². The van der Waals surface area contributed by atoms with E-state index in [1.807, 2.05) is 0 Å². The number of carbonyl (C=O) groups excluding carboxylic acids is 1. The molecule has 0 amide bonds. The molecule has 0 aliphatic rings. The second-order valence-electron chi connectivity index (χ2n) is 3.91. The summed E-state index contributed by atoms with van der Waals surface area (Å²) in [6.07, 6.45) is 2.97. The van der Waals surface area contributed by atoms with Gasteiger partial charge in [0, 0.05) is 7.05 Å². The van der Waals surface area contributed by atoms with E-state index in [4.69, 9.17) is 16.3 Å². The van der Waals surface area contributed by atoms with Gasteiger partial charge in [0.25, 0.3) is 0 Å². The average molecular weight is 230 g/mol. The van der Waals surface area contributed by atoms with Crippen molar-refractivity contribution in [3.05, 3.63) is 24.3 Å². The molecule has 0 saturated carbocycles. The smallest absolute Gasteiger partial charge is 0.338 e. The van der Waals surface area contributed by atoms with E-state index < -0.39 is 11.6 Å². The van der Waals surface area contributed by atoms with Crippen molar-refractivity contribution in [1.82, 2.24) is 0 Å². The van der Waals surface area contributed by atoms with Crippen molar-refractivity contribution < 1.29 is 9.53 Å². The molecule has 0 aliphatic carbocycles. The standard InChI is InChI=1S/C11H16ClNO2/c1-8(6-7-9(12)13-5)10(14)15-11(2,3)4/h6-7H,1H2,2-5H3/b7-6-,13-9?. The normalized spacial score (nSPS) is 13.0. The highest BCUT2D eigenvalue weighted by molar-refractivity contribution is 6.68. The van der Waals surface area contributed by atoms with Crippen molar-refractivity contribution in [2.24, 2.45) is 4.99 Å². The molecule has 15 heavy (non-hydrogen) atoms. The first kappa shape index (κ1) is 13.9. The molecule has 0 rings (SSSR count). The maximum absolute atomic E-state index is 11.4. The Hall–Kier alpha value is -1.09. The van der Waals surface area contributed by atoms with Gasteiger partial charge in [-0.1, -0.05) is 18.2 Å². The molecule has 0 heterocycles. The molecule has 0 unspecified atom stereocenters. The molecular weight excluding hydrogens is 214 g/mol. The molecule has 0 aliphatic heterocycles. The molecule has 0 bridgehead atoms. The van der Waals surface area contributed by atoms with E-state index in [0.717, 1.165) is 0 Å². The Morgan fingerprint density at radius 3 is 2.33 bits per heavy atom. The Labute approximate surface area is 95.5 Å². The monoisotopic (exact) mass is 229 g/mol. The number of ether oxygens (including phenoxy) is 1. The third kappa shape index (κ3) is 6.91. The predicted molar refractivity (Wildman–Crippen MR) is 63.3 cm³/mol. The summed E-state index contributed by atoms with van der Waals surface area (Å²) in [7, 11) is 1.56. The zero-order valence-electron chi connectivity index (χ0n) is 9.50. The largest absolute Gasteiger partial charge is 0.456 e. The van der Waals surface area contributed by atoms with Crippen LogP contribution in [-0.2, 0) is 9.53 Å². The Morgan fingerprint density at radius 1 is 1.40 bits per heavy atom. The minimum atomic E-state index is -0.517. The van der Waals surface area contributed by atoms with Gasteiger partial charge in [-0.2, -0.15) is 0 Å². The zero-order chi connectivity index (χ0) is 12.1. The van der Waals surface area contributed by atoms with Crippen LogP contribution < -0.4 is 0 Å². The van der Waals surface area contributed by atoms with Gasteiger partial charge in [-0.3, -0.25) is 4.99 Å². The van der Waals surface area contributed by atoms with Gasteiger partial charge in [-0.05, 0) is 32.9 Å². The van der Waals surface area contributed by atoms with E-state index in [1.165, 1.54) is 12.2 Å². The van der Waals surface area contributed by atoms with Crippen LogP contribution in [0, 0.1) is 0 Å². The minimum absolute atomic E-state index is 0.242. The second kappa shape index (κ2) is 5.71. The summed E-state index contributed by atoms with van der Waals surface area (Å²) in [6.45, 7) is 8.95. The van der Waals surface area contributed by atoms with Crippen LogP contribution >= 0.6 is 11.6 Å². The zero-order valence-corrected chi connectivity index (χ0v) is 10.3. The van der Waals surface area contributed by atoms with Crippen molar-refractivity contribution >= 4 is 22.7 Å². The summed E-state index contributed by atoms with van der Waals surface area (Å²) in [5.41, 5.74) is -0.275. The second-order valence-corrected chi connectivity index (χ2v) is 4.29. The maximum Gasteiger partial charge on any atom is 0.338 e. The average Bonchev–Trinajstić information content (AvgIpc) is 2.10. The lowest BCUT2D eigenvalue weighted by molar-refractivity contribution is -0.149. The van der Waals surface area contributed by atoms with Gasteiger partial charge in [0.15, 0.2) is 0 Å². The Balaban J connectivity index is 4.36. The minimum Gasteiger partial charge on any atom is -0.456 e. The molecule has 4 heteroatoms. The van der Waals surface area contributed by atoms with Crippen molar-refractivity contribution in [3.8, 4) is 0 Å². The molecule has 0 saturated heterocycles. The summed E-state index contributed by atoms with van der Waals surface area (Å²) >= 11 is 5.62. The van der Waals surface area contributed by atoms with Gasteiger partial charge in [0.1, 0.15) is 10.8 Å². The van der Waals surface area contributed by atoms with Gasteiger partial charge >= 0.3 is 5.97 Å². The lowest BCUT2D eigenvalue weighted by Crippen LogP contribution is -2.24. The van der Waals surface area contributed by atoms with E-state index in [9.17, 15) is 4.79 Å². The lowest BCUT2D eigenvalue weighted by Gasteiger charge is -2.19. The highest BCUT2D eigenvalue weighted by Crippen LogP contribution is 2.10. The summed E-state index contributed by atoms with van der Waals surface area (Å²) in [4.78, 5) is 15.1. The van der Waals surface area contributed by atoms with Gasteiger partial charge in [0.2, 0.25) is 0 Å². The summed E-state index contributed by atoms with van der Waals surface area (Å²) in [6, 6.07) is 0. The number of halogens is 1. The fourth-order valence-electron chi connectivity index (χ4n) is 0.656. The number of esters is 1. The van der Waals surface area contributed by atoms with E-state index in [-0.39, 0.29) is 5.57 Å². The molecule has 0 spiro atoms. The Kier molecular flexibility index (Phi) is 5.29. The molecule has 0 aromatic carbocycles. The summed E-state index contributed by atoms with van der Waals surface area (Å²) < 4.78 is 5.09. The van der Waals surface area contributed by atoms with Gasteiger partial charge in [-0.15, -0.1) is 0 Å². The van der Waals surface area contributed by atoms with Gasteiger partial charge < -0.3 is 4.74 Å². The first-order valence-electron chi connectivity index (χ1n) is 4.49. The van der Waals surface area contributed by atoms with Crippen molar-refractivity contribution in [1.29, 1.82) is 0 Å². The molecule has 84 valence electrons. The van der Waals surface area contributed by atoms with Crippen LogP contribution in [0.4, 0.5) is 0 Å². The van der Waals surface area contributed by atoms with E-state index in [0.29, 0.717) is 5.17 Å². The number of carbonyl (C=O) groups is 1. The molecule has 0 aromatic rings. The number of hydrogen-bond acceptors (Lipinski definition) is 3. The van der Waals surface area contributed by atoms with Crippen molar-refractivity contribution in [3.63, 3.8) is 0 Å². The van der Waals surface area contributed by atoms with Crippen LogP contribution in [0.1, 0.15) is 20.8 Å². The number of allylic oxidation sites excluding steroid dienone is 1. The number of hydrogen-bond donors (Lipinski definition) is 0. The molecule has 0 aromatic heterocycles. The SMILES string of the molecule is C=C(/C=C\C(Cl)=NC)C(=O)OC(C)(C)C. The van der Waals surface area contributed by atoms with Crippen LogP contribution in [0.3, 0.4) is 0 Å². The molecular formula is C11H16ClNO2. The third-order valence-corrected chi connectivity index (χ3v) is 1.59. The Bertz CT molecular complexity index is 311. The summed E-state index contributed by atoms with van der Waals surface area (Å²) in [5.74, 6) is -0.459. The van der Waals surface area contributed by atoms with E-state index in [2.05, 4.69) is 11.6 Å². The predicted octanol–water partition coefficient (Wildman–Crippen LogP) is 2.71. The Morgan fingerprint density at radius 2 is 1.93 bits per heavy atom. The topological polar surface area (TPSA) is 38.7 Å². The maximum atomic E-state index is 11.4. The van der Waals surface area contributed by atoms with E-state index >= 15 is 0 Å². The van der Waals surface area contributed by atoms with Crippen molar-refractivity contribution in [2.75, 3.05) is 7.05 Å². The van der Waals surface area contributed by atoms with Crippen LogP contribution in [0.2, 0.25) is 0 Å². The van der Waals surface area contributed by atoms with Crippen molar-refractivity contribution in [2.45, 2.75) is 26.4 Å². The van der Waals surface area contributed by atoms with Gasteiger partial charge in [-0.25, -0.2) is 4.79 Å². The molecule has 3 nitrogen and oxygen atoms in total. The van der Waals surface area contributed by atoms with Crippen LogP contribution in [0.15, 0.2) is 29.3 Å². The van der Waals surface area contributed by atoms with Crippen LogP contribution in [-0.4, -0.2) is 23.8 Å². The number of aliphatic imine (C=N–C) groups is 1.